The van der Waals surface area contributed by atoms with E-state index >= 15 is 0 Å². The van der Waals surface area contributed by atoms with Crippen LogP contribution in [0.15, 0.2) is 62.6 Å². The van der Waals surface area contributed by atoms with E-state index in [0.29, 0.717) is 37.1 Å². The second-order valence-corrected chi connectivity index (χ2v) is 10.3. The van der Waals surface area contributed by atoms with Gasteiger partial charge in [-0.15, -0.1) is 0 Å². The fraction of sp³-hybridized carbons (Fsp3) is 0.367. The lowest BCUT2D eigenvalue weighted by Gasteiger charge is -2.26. The minimum absolute atomic E-state index is 0.0160. The first-order chi connectivity index (χ1) is 19.5. The predicted octanol–water partition coefficient (Wildman–Crippen LogP) is 4.49. The van der Waals surface area contributed by atoms with Gasteiger partial charge in [-0.1, -0.05) is 67.0 Å². The normalized spacial score (nSPS) is 14.2. The Hall–Kier alpha value is -4.31. The smallest absolute Gasteiger partial charge is 0.381 e. The Balaban J connectivity index is 1.41. The summed E-state index contributed by atoms with van der Waals surface area (Å²) in [6.45, 7) is 5.29. The highest BCUT2D eigenvalue weighted by Gasteiger charge is 2.26. The van der Waals surface area contributed by atoms with Gasteiger partial charge < -0.3 is 4.74 Å². The van der Waals surface area contributed by atoms with Crippen molar-refractivity contribution >= 4 is 5.78 Å². The summed E-state index contributed by atoms with van der Waals surface area (Å²) in [6, 6.07) is 15.9. The van der Waals surface area contributed by atoms with Crippen molar-refractivity contribution in [2.24, 2.45) is 0 Å². The third-order valence-corrected chi connectivity index (χ3v) is 7.58. The van der Waals surface area contributed by atoms with Gasteiger partial charge >= 0.3 is 5.76 Å². The molecule has 0 bridgehead atoms. The molecule has 0 spiro atoms. The molecule has 0 saturated carbocycles. The maximum atomic E-state index is 14.2. The number of ether oxygens (including phenoxy) is 1. The molecule has 2 aromatic carbocycles. The molecule has 10 heteroatoms. The van der Waals surface area contributed by atoms with Crippen LogP contribution in [0.4, 0.5) is 0 Å². The van der Waals surface area contributed by atoms with Crippen LogP contribution in [0.25, 0.3) is 28.3 Å². The molecule has 206 valence electrons. The van der Waals surface area contributed by atoms with Crippen LogP contribution in [0.5, 0.6) is 0 Å². The lowest BCUT2D eigenvalue weighted by Crippen LogP contribution is -2.34. The predicted molar refractivity (Wildman–Crippen MR) is 150 cm³/mol. The molecule has 1 saturated heterocycles. The summed E-state index contributed by atoms with van der Waals surface area (Å²) in [6.07, 6.45) is 4.79. The van der Waals surface area contributed by atoms with E-state index < -0.39 is 5.76 Å². The second kappa shape index (κ2) is 11.1. The maximum absolute atomic E-state index is 14.2. The molecule has 3 aromatic heterocycles. The highest BCUT2D eigenvalue weighted by molar-refractivity contribution is 5.80. The Bertz CT molecular complexity index is 1760. The number of nitrogens with zero attached hydrogens (tertiary/aromatic N) is 5. The number of H-pyrrole nitrogens is 1. The Kier molecular flexibility index (Phi) is 7.17. The van der Waals surface area contributed by atoms with E-state index in [4.69, 9.17) is 14.4 Å². The molecule has 6 rings (SSSR count). The summed E-state index contributed by atoms with van der Waals surface area (Å²) in [5.74, 6) is 1.08. The van der Waals surface area contributed by atoms with Gasteiger partial charge in [0.05, 0.1) is 5.69 Å². The Morgan fingerprint density at radius 2 is 1.77 bits per heavy atom. The van der Waals surface area contributed by atoms with E-state index in [1.807, 2.05) is 52.4 Å². The van der Waals surface area contributed by atoms with Crippen LogP contribution >= 0.6 is 0 Å². The highest BCUT2D eigenvalue weighted by atomic mass is 16.5. The average molecular weight is 541 g/mol. The van der Waals surface area contributed by atoms with E-state index in [-0.39, 0.29) is 11.6 Å². The Labute approximate surface area is 230 Å². The van der Waals surface area contributed by atoms with Crippen molar-refractivity contribution in [1.29, 1.82) is 0 Å². The molecule has 1 aliphatic heterocycles. The van der Waals surface area contributed by atoms with Crippen molar-refractivity contribution < 1.29 is 9.26 Å². The summed E-state index contributed by atoms with van der Waals surface area (Å²) < 4.78 is 14.1. The van der Waals surface area contributed by atoms with E-state index in [0.717, 1.165) is 65.6 Å². The number of benzene rings is 2. The van der Waals surface area contributed by atoms with E-state index in [1.165, 1.54) is 0 Å². The standard InChI is InChI=1S/C30H32N6O4/c1-3-4-9-26-25(28(37)35(22-14-16-39-17-15-22)29-31-19(2)33-36(26)29)18-20-10-12-21(13-11-20)23-7-5-6-8-24(23)27-32-30(38)40-34-27/h5-8,10-13,22H,3-4,9,14-18H2,1-2H3,(H,32,34,38). The number of aromatic amines is 1. The molecule has 0 amide bonds. The maximum Gasteiger partial charge on any atom is 0.439 e. The van der Waals surface area contributed by atoms with Gasteiger partial charge in [0.2, 0.25) is 5.78 Å². The van der Waals surface area contributed by atoms with Gasteiger partial charge in [-0.25, -0.2) is 9.31 Å². The minimum atomic E-state index is -0.593. The number of rotatable bonds is 8. The van der Waals surface area contributed by atoms with Crippen molar-refractivity contribution in [3.63, 3.8) is 0 Å². The summed E-state index contributed by atoms with van der Waals surface area (Å²) in [5.41, 5.74) is 5.41. The van der Waals surface area contributed by atoms with Crippen molar-refractivity contribution in [1.82, 2.24) is 29.3 Å². The van der Waals surface area contributed by atoms with Gasteiger partial charge in [0.25, 0.3) is 5.56 Å². The van der Waals surface area contributed by atoms with Crippen molar-refractivity contribution in [2.75, 3.05) is 13.2 Å². The number of hydrogen-bond acceptors (Lipinski definition) is 7. The molecule has 0 atom stereocenters. The summed E-state index contributed by atoms with van der Waals surface area (Å²) >= 11 is 0. The number of aryl methyl sites for hydroxylation is 2. The van der Waals surface area contributed by atoms with Gasteiger partial charge in [0.15, 0.2) is 5.82 Å². The van der Waals surface area contributed by atoms with Gasteiger partial charge in [0, 0.05) is 36.8 Å². The van der Waals surface area contributed by atoms with Gasteiger partial charge in [-0.05, 0) is 49.3 Å². The average Bonchev–Trinajstić information content (AvgIpc) is 3.59. The number of hydrogen-bond donors (Lipinski definition) is 1. The van der Waals surface area contributed by atoms with Crippen LogP contribution in [0, 0.1) is 6.92 Å². The van der Waals surface area contributed by atoms with Crippen molar-refractivity contribution in [3.05, 3.63) is 92.1 Å². The quantitative estimate of drug-likeness (QED) is 0.308. The SMILES string of the molecule is CCCCc1c(Cc2ccc(-c3ccccc3-c3noc(=O)[nH]3)cc2)c(=O)n(C2CCOCC2)c2nc(C)nn12. The zero-order valence-corrected chi connectivity index (χ0v) is 22.7. The zero-order valence-electron chi connectivity index (χ0n) is 22.7. The highest BCUT2D eigenvalue weighted by Crippen LogP contribution is 2.30. The fourth-order valence-corrected chi connectivity index (χ4v) is 5.57. The molecule has 0 aliphatic carbocycles. The number of fused-ring (bicyclic) bond motifs is 1. The molecule has 5 aromatic rings. The molecule has 0 radical (unpaired) electrons. The number of nitrogens with one attached hydrogen (secondary N) is 1. The van der Waals surface area contributed by atoms with Crippen LogP contribution < -0.4 is 11.3 Å². The lowest BCUT2D eigenvalue weighted by atomic mass is 9.96. The van der Waals surface area contributed by atoms with Gasteiger partial charge in [-0.2, -0.15) is 10.1 Å². The van der Waals surface area contributed by atoms with E-state index in [2.05, 4.69) is 34.2 Å². The van der Waals surface area contributed by atoms with Crippen LogP contribution in [0.1, 0.15) is 61.3 Å². The van der Waals surface area contributed by atoms with Gasteiger partial charge in [-0.3, -0.25) is 18.9 Å². The largest absolute Gasteiger partial charge is 0.439 e. The zero-order chi connectivity index (χ0) is 27.6. The molecule has 4 heterocycles. The molecular weight excluding hydrogens is 508 g/mol. The lowest BCUT2D eigenvalue weighted by molar-refractivity contribution is 0.0693. The number of aromatic nitrogens is 6. The van der Waals surface area contributed by atoms with Crippen LogP contribution in [-0.4, -0.2) is 42.5 Å². The first-order valence-corrected chi connectivity index (χ1v) is 13.9. The Morgan fingerprint density at radius 1 is 1.02 bits per heavy atom. The third kappa shape index (κ3) is 4.90. The van der Waals surface area contributed by atoms with Crippen molar-refractivity contribution in [2.45, 2.75) is 58.4 Å². The van der Waals surface area contributed by atoms with Crippen LogP contribution in [0.3, 0.4) is 0 Å². The van der Waals surface area contributed by atoms with Crippen LogP contribution in [0.2, 0.25) is 0 Å². The summed E-state index contributed by atoms with van der Waals surface area (Å²) in [4.78, 5) is 33.0. The first kappa shape index (κ1) is 25.9. The molecule has 0 unspecified atom stereocenters. The topological polar surface area (TPSA) is 120 Å². The summed E-state index contributed by atoms with van der Waals surface area (Å²) in [5, 5.41) is 8.60. The Morgan fingerprint density at radius 3 is 2.48 bits per heavy atom. The molecule has 1 N–H and O–H groups in total. The number of unbranched alkanes of at least 4 members (excludes halogenated alkanes) is 1. The molecule has 40 heavy (non-hydrogen) atoms. The monoisotopic (exact) mass is 540 g/mol. The molecule has 10 nitrogen and oxygen atoms in total. The van der Waals surface area contributed by atoms with Gasteiger partial charge in [0.1, 0.15) is 5.82 Å². The van der Waals surface area contributed by atoms with Crippen LogP contribution in [-0.2, 0) is 17.6 Å². The van der Waals surface area contributed by atoms with E-state index in [9.17, 15) is 9.59 Å². The molecular formula is C30H32N6O4. The molecule has 1 fully saturated rings. The molecule has 1 aliphatic rings. The first-order valence-electron chi connectivity index (χ1n) is 13.9. The van der Waals surface area contributed by atoms with Crippen molar-refractivity contribution in [3.8, 4) is 22.5 Å². The second-order valence-electron chi connectivity index (χ2n) is 10.3. The van der Waals surface area contributed by atoms with E-state index in [1.54, 1.807) is 0 Å². The summed E-state index contributed by atoms with van der Waals surface area (Å²) in [7, 11) is 0. The third-order valence-electron chi connectivity index (χ3n) is 7.58. The fourth-order valence-electron chi connectivity index (χ4n) is 5.57. The minimum Gasteiger partial charge on any atom is -0.381 e.